The fourth-order valence-electron chi connectivity index (χ4n) is 3.35. The van der Waals surface area contributed by atoms with Crippen molar-refractivity contribution in [1.29, 1.82) is 0 Å². The van der Waals surface area contributed by atoms with E-state index in [4.69, 9.17) is 9.98 Å². The first-order valence-electron chi connectivity index (χ1n) is 10.4. The van der Waals surface area contributed by atoms with Crippen LogP contribution in [0.25, 0.3) is 0 Å². The van der Waals surface area contributed by atoms with E-state index in [0.717, 1.165) is 16.9 Å². The van der Waals surface area contributed by atoms with Crippen LogP contribution in [0.4, 0.5) is 11.4 Å². The van der Waals surface area contributed by atoms with E-state index in [1.807, 2.05) is 18.5 Å². The van der Waals surface area contributed by atoms with Gasteiger partial charge < -0.3 is 0 Å². The summed E-state index contributed by atoms with van der Waals surface area (Å²) in [7, 11) is 0. The second-order valence-corrected chi connectivity index (χ2v) is 8.59. The third-order valence-corrected chi connectivity index (χ3v) is 4.98. The molecule has 2 rings (SSSR count). The van der Waals surface area contributed by atoms with Crippen molar-refractivity contribution in [2.75, 3.05) is 0 Å². The lowest BCUT2D eigenvalue weighted by atomic mass is 9.93. The van der Waals surface area contributed by atoms with Crippen LogP contribution in [0.1, 0.15) is 101 Å². The Morgan fingerprint density at radius 1 is 0.679 bits per heavy atom. The van der Waals surface area contributed by atoms with Gasteiger partial charge in [0.15, 0.2) is 0 Å². The topological polar surface area (TPSA) is 24.7 Å². The predicted molar refractivity (Wildman–Crippen MR) is 123 cm³/mol. The van der Waals surface area contributed by atoms with Crippen LogP contribution in [0.3, 0.4) is 0 Å². The Hall–Kier alpha value is -2.40. The fraction of sp³-hybridized carbons (Fsp3) is 0.462. The molecule has 2 heteroatoms. The molecule has 0 heterocycles. The maximum absolute atomic E-state index is 4.82. The van der Waals surface area contributed by atoms with Crippen LogP contribution < -0.4 is 0 Å². The molecular weight excluding hydrogens is 340 g/mol. The van der Waals surface area contributed by atoms with E-state index in [1.165, 1.54) is 16.7 Å². The maximum Gasteiger partial charge on any atom is 0.0789 e. The molecule has 0 aliphatic carbocycles. The SMILES string of the molecule is CC(C)c1c#ccc(C(C)C)c1/N=C/C=N/c1c(C(C)C)cccc1C(C)C. The van der Waals surface area contributed by atoms with Crippen molar-refractivity contribution in [2.24, 2.45) is 9.98 Å². The van der Waals surface area contributed by atoms with E-state index < -0.39 is 0 Å². The van der Waals surface area contributed by atoms with Crippen molar-refractivity contribution in [2.45, 2.75) is 79.1 Å². The number of benzene rings is 1. The zero-order chi connectivity index (χ0) is 20.8. The van der Waals surface area contributed by atoms with Crippen molar-refractivity contribution in [3.05, 3.63) is 58.7 Å². The molecule has 0 aliphatic heterocycles. The number of rotatable bonds is 7. The molecule has 2 nitrogen and oxygen atoms in total. The normalized spacial score (nSPS) is 12.3. The van der Waals surface area contributed by atoms with Gasteiger partial charge in [0, 0.05) is 18.0 Å². The minimum atomic E-state index is 0.355. The van der Waals surface area contributed by atoms with Gasteiger partial charge in [0.2, 0.25) is 0 Å². The summed E-state index contributed by atoms with van der Waals surface area (Å²) >= 11 is 0. The second-order valence-electron chi connectivity index (χ2n) is 8.59. The highest BCUT2D eigenvalue weighted by atomic mass is 14.8. The Bertz CT molecular complexity index is 716. The van der Waals surface area contributed by atoms with Gasteiger partial charge in [0.05, 0.1) is 11.4 Å². The molecule has 0 spiro atoms. The molecule has 0 radical (unpaired) electrons. The number of hydrogen-bond donors (Lipinski definition) is 0. The lowest BCUT2D eigenvalue weighted by molar-refractivity contribution is 0.835. The minimum absolute atomic E-state index is 0.355. The highest BCUT2D eigenvalue weighted by molar-refractivity contribution is 6.17. The van der Waals surface area contributed by atoms with E-state index in [2.05, 4.69) is 85.7 Å². The van der Waals surface area contributed by atoms with Crippen LogP contribution in [0.5, 0.6) is 0 Å². The monoisotopic (exact) mass is 374 g/mol. The Kier molecular flexibility index (Phi) is 7.58. The Morgan fingerprint density at radius 3 is 1.64 bits per heavy atom. The van der Waals surface area contributed by atoms with Crippen molar-refractivity contribution >= 4 is 23.8 Å². The molecule has 0 saturated heterocycles. The molecule has 0 atom stereocenters. The zero-order valence-corrected chi connectivity index (χ0v) is 18.7. The second kappa shape index (κ2) is 9.69. The fourth-order valence-corrected chi connectivity index (χ4v) is 3.35. The van der Waals surface area contributed by atoms with Gasteiger partial charge in [-0.15, -0.1) is 0 Å². The molecule has 0 aromatic heterocycles. The summed E-state index contributed by atoms with van der Waals surface area (Å²) < 4.78 is 0. The van der Waals surface area contributed by atoms with E-state index in [9.17, 15) is 0 Å². The van der Waals surface area contributed by atoms with Crippen LogP contribution in [0, 0.1) is 12.1 Å². The lowest BCUT2D eigenvalue weighted by Crippen LogP contribution is -1.96. The smallest absolute Gasteiger partial charge is 0.0789 e. The minimum Gasteiger partial charge on any atom is -0.255 e. The van der Waals surface area contributed by atoms with E-state index in [-0.39, 0.29) is 0 Å². The molecule has 0 unspecified atom stereocenters. The molecule has 0 aliphatic rings. The standard InChI is InChI=1S/C26H34N2/c1-17(2)21-11-9-12-22(18(3)4)25(21)27-15-16-28-26-23(19(5)6)13-10-14-24(26)20(7)8/h9,11-13,15-20H,1-8H3/b27-15+,28-16+. The van der Waals surface area contributed by atoms with Gasteiger partial charge in [-0.2, -0.15) is 0 Å². The van der Waals surface area contributed by atoms with E-state index in [1.54, 1.807) is 0 Å². The van der Waals surface area contributed by atoms with Gasteiger partial charge in [-0.3, -0.25) is 9.98 Å². The van der Waals surface area contributed by atoms with Crippen molar-refractivity contribution in [3.63, 3.8) is 0 Å². The Morgan fingerprint density at radius 2 is 1.18 bits per heavy atom. The maximum atomic E-state index is 4.82. The summed E-state index contributed by atoms with van der Waals surface area (Å²) in [5.41, 5.74) is 6.98. The highest BCUT2D eigenvalue weighted by Gasteiger charge is 2.13. The molecule has 2 aromatic rings. The molecule has 0 bridgehead atoms. The molecule has 2 aromatic carbocycles. The Balaban J connectivity index is 2.43. The Labute approximate surface area is 171 Å². The van der Waals surface area contributed by atoms with Gasteiger partial charge in [-0.25, -0.2) is 0 Å². The third-order valence-electron chi connectivity index (χ3n) is 4.98. The molecule has 0 amide bonds. The van der Waals surface area contributed by atoms with Crippen LogP contribution in [-0.2, 0) is 0 Å². The molecule has 0 N–H and O–H groups in total. The van der Waals surface area contributed by atoms with Crippen LogP contribution in [0.2, 0.25) is 0 Å². The van der Waals surface area contributed by atoms with Gasteiger partial charge >= 0.3 is 0 Å². The zero-order valence-electron chi connectivity index (χ0n) is 18.7. The summed E-state index contributed by atoms with van der Waals surface area (Å²) in [6.07, 6.45) is 3.65. The quantitative estimate of drug-likeness (QED) is 0.440. The van der Waals surface area contributed by atoms with Crippen LogP contribution >= 0.6 is 0 Å². The van der Waals surface area contributed by atoms with Gasteiger partial charge in [0.1, 0.15) is 0 Å². The van der Waals surface area contributed by atoms with Crippen molar-refractivity contribution in [1.82, 2.24) is 0 Å². The van der Waals surface area contributed by atoms with Gasteiger partial charge in [-0.05, 0) is 46.4 Å². The summed E-state index contributed by atoms with van der Waals surface area (Å²) in [6.45, 7) is 17.6. The first-order valence-corrected chi connectivity index (χ1v) is 10.4. The molecule has 0 saturated carbocycles. The predicted octanol–water partition coefficient (Wildman–Crippen LogP) is 7.89. The van der Waals surface area contributed by atoms with Crippen LogP contribution in [0.15, 0.2) is 34.3 Å². The number of para-hydroxylation sites is 1. The lowest BCUT2D eigenvalue weighted by Gasteiger charge is -2.16. The highest BCUT2D eigenvalue weighted by Crippen LogP contribution is 2.35. The summed E-state index contributed by atoms with van der Waals surface area (Å²) in [5.74, 6) is 1.61. The molecular formula is C26H34N2. The average Bonchev–Trinajstić information content (AvgIpc) is 2.64. The summed E-state index contributed by atoms with van der Waals surface area (Å²) in [4.78, 5) is 9.61. The van der Waals surface area contributed by atoms with Crippen LogP contribution in [-0.4, -0.2) is 12.4 Å². The molecule has 0 fully saturated rings. The van der Waals surface area contributed by atoms with Crippen molar-refractivity contribution in [3.8, 4) is 0 Å². The van der Waals surface area contributed by atoms with E-state index >= 15 is 0 Å². The molecule has 28 heavy (non-hydrogen) atoms. The summed E-state index contributed by atoms with van der Waals surface area (Å²) in [5, 5.41) is 0. The van der Waals surface area contributed by atoms with Gasteiger partial charge in [-0.1, -0.05) is 85.7 Å². The average molecular weight is 375 g/mol. The molecule has 148 valence electrons. The first-order chi connectivity index (χ1) is 13.2. The number of nitrogens with zero attached hydrogens (tertiary/aromatic N) is 2. The third kappa shape index (κ3) is 5.10. The number of hydrogen-bond acceptors (Lipinski definition) is 2. The van der Waals surface area contributed by atoms with E-state index in [0.29, 0.717) is 23.7 Å². The first kappa shape index (κ1) is 21.9. The summed E-state index contributed by atoms with van der Waals surface area (Å²) in [6, 6.07) is 14.9. The van der Waals surface area contributed by atoms with Crippen molar-refractivity contribution < 1.29 is 0 Å². The largest absolute Gasteiger partial charge is 0.255 e. The number of aliphatic imine (C=N–C) groups is 2. The van der Waals surface area contributed by atoms with Gasteiger partial charge in [0.25, 0.3) is 0 Å².